The van der Waals surface area contributed by atoms with Crippen molar-refractivity contribution < 1.29 is 0 Å². The normalized spacial score (nSPS) is 12.1. The molecule has 0 spiro atoms. The van der Waals surface area contributed by atoms with Crippen LogP contribution in [0.4, 0.5) is 5.69 Å². The summed E-state index contributed by atoms with van der Waals surface area (Å²) in [5, 5.41) is 11.0. The number of hydrogen-bond donors (Lipinski definition) is 3. The fraction of sp³-hybridized carbons (Fsp3) is 0.167. The molecule has 0 amide bonds. The molecule has 5 heterocycles. The first-order valence-electron chi connectivity index (χ1n) is 12.3. The number of nitrogens with one attached hydrogen (secondary N) is 3. The van der Waals surface area contributed by atoms with Crippen LogP contribution in [0.5, 0.6) is 0 Å². The molecule has 5 rings (SSSR count). The van der Waals surface area contributed by atoms with Gasteiger partial charge in [-0.25, -0.2) is 9.97 Å². The maximum Gasteiger partial charge on any atom is 0.161 e. The highest BCUT2D eigenvalue weighted by Gasteiger charge is 2.20. The van der Waals surface area contributed by atoms with Crippen molar-refractivity contribution >= 4 is 22.3 Å². The lowest BCUT2D eigenvalue weighted by atomic mass is 9.93. The number of imidazole rings is 1. The fourth-order valence-corrected chi connectivity index (χ4v) is 4.00. The summed E-state index contributed by atoms with van der Waals surface area (Å²) in [6.45, 7) is 16.4. The molecule has 38 heavy (non-hydrogen) atoms. The van der Waals surface area contributed by atoms with Gasteiger partial charge in [0.25, 0.3) is 0 Å². The highest BCUT2D eigenvalue weighted by Crippen LogP contribution is 2.31. The minimum atomic E-state index is -0.0732. The van der Waals surface area contributed by atoms with Crippen molar-refractivity contribution in [3.05, 3.63) is 103 Å². The molecule has 0 radical (unpaired) electrons. The van der Waals surface area contributed by atoms with Crippen molar-refractivity contribution in [1.82, 2.24) is 35.1 Å². The Balaban J connectivity index is 1.53. The van der Waals surface area contributed by atoms with Crippen molar-refractivity contribution in [1.29, 1.82) is 0 Å². The zero-order chi connectivity index (χ0) is 26.9. The van der Waals surface area contributed by atoms with Gasteiger partial charge < -0.3 is 10.3 Å². The van der Waals surface area contributed by atoms with Crippen molar-refractivity contribution in [2.75, 3.05) is 5.32 Å². The first kappa shape index (κ1) is 24.8. The highest BCUT2D eigenvalue weighted by molar-refractivity contribution is 5.90. The fourth-order valence-electron chi connectivity index (χ4n) is 4.00. The van der Waals surface area contributed by atoms with E-state index in [1.54, 1.807) is 24.7 Å². The van der Waals surface area contributed by atoms with Gasteiger partial charge in [0, 0.05) is 40.3 Å². The molecule has 8 nitrogen and oxygen atoms in total. The summed E-state index contributed by atoms with van der Waals surface area (Å²) < 4.78 is 0. The molecule has 0 fully saturated rings. The molecule has 3 N–H and O–H groups in total. The van der Waals surface area contributed by atoms with E-state index in [0.717, 1.165) is 50.8 Å². The second-order valence-corrected chi connectivity index (χ2v) is 10.1. The Hall–Kier alpha value is -4.85. The van der Waals surface area contributed by atoms with Gasteiger partial charge in [-0.3, -0.25) is 15.1 Å². The van der Waals surface area contributed by atoms with Crippen LogP contribution >= 0.6 is 0 Å². The van der Waals surface area contributed by atoms with E-state index in [2.05, 4.69) is 64.4 Å². The Morgan fingerprint density at radius 2 is 1.92 bits per heavy atom. The summed E-state index contributed by atoms with van der Waals surface area (Å²) in [7, 11) is 0. The molecular formula is C30H30N8. The minimum absolute atomic E-state index is 0.0732. The number of rotatable bonds is 7. The van der Waals surface area contributed by atoms with Gasteiger partial charge in [-0.15, -0.1) is 0 Å². The van der Waals surface area contributed by atoms with Crippen LogP contribution in [0.15, 0.2) is 86.0 Å². The third-order valence-electron chi connectivity index (χ3n) is 6.23. The molecule has 190 valence electrons. The van der Waals surface area contributed by atoms with Gasteiger partial charge in [-0.1, -0.05) is 52.1 Å². The molecule has 0 unspecified atom stereocenters. The molecule has 8 heteroatoms. The van der Waals surface area contributed by atoms with Crippen molar-refractivity contribution in [3.63, 3.8) is 0 Å². The summed E-state index contributed by atoms with van der Waals surface area (Å²) in [6.07, 6.45) is 9.00. The number of fused-ring (bicyclic) bond motifs is 1. The number of aromatic nitrogens is 7. The lowest BCUT2D eigenvalue weighted by Gasteiger charge is -2.23. The number of hydrogen-bond acceptors (Lipinski definition) is 6. The van der Waals surface area contributed by atoms with Gasteiger partial charge in [0.15, 0.2) is 11.5 Å². The Kier molecular flexibility index (Phi) is 6.46. The quantitative estimate of drug-likeness (QED) is 0.214. The average molecular weight is 503 g/mol. The van der Waals surface area contributed by atoms with Crippen LogP contribution in [-0.4, -0.2) is 35.1 Å². The third kappa shape index (κ3) is 4.88. The van der Waals surface area contributed by atoms with E-state index in [1.807, 2.05) is 49.4 Å². The van der Waals surface area contributed by atoms with Crippen LogP contribution in [0.25, 0.3) is 39.4 Å². The molecule has 0 atom stereocenters. The topological polar surface area (TPSA) is 108 Å². The van der Waals surface area contributed by atoms with Crippen molar-refractivity contribution in [3.8, 4) is 22.8 Å². The van der Waals surface area contributed by atoms with Crippen LogP contribution in [0.3, 0.4) is 0 Å². The number of allylic oxidation sites excluding steroid dienone is 3. The molecule has 0 saturated heterocycles. The number of anilines is 1. The summed E-state index contributed by atoms with van der Waals surface area (Å²) in [4.78, 5) is 22.1. The van der Waals surface area contributed by atoms with E-state index in [4.69, 9.17) is 9.97 Å². The minimum Gasteiger partial charge on any atom is -0.358 e. The molecule has 5 aromatic heterocycles. The third-order valence-corrected chi connectivity index (χ3v) is 6.23. The summed E-state index contributed by atoms with van der Waals surface area (Å²) in [5.74, 6) is 0.620. The van der Waals surface area contributed by atoms with E-state index < -0.39 is 0 Å². The molecule has 0 saturated carbocycles. The van der Waals surface area contributed by atoms with E-state index in [1.165, 1.54) is 0 Å². The lowest BCUT2D eigenvalue weighted by molar-refractivity contribution is 0.509. The Labute approximate surface area is 221 Å². The molecular weight excluding hydrogens is 472 g/mol. The van der Waals surface area contributed by atoms with E-state index in [-0.39, 0.29) is 5.41 Å². The van der Waals surface area contributed by atoms with Crippen LogP contribution in [0, 0.1) is 12.3 Å². The van der Waals surface area contributed by atoms with Crippen LogP contribution in [0.1, 0.15) is 37.9 Å². The lowest BCUT2D eigenvalue weighted by Crippen LogP contribution is -2.15. The first-order chi connectivity index (χ1) is 18.2. The standard InChI is InChI=1S/C30H30N8/c1-7-10-22(24-11-8-9-14-32-24)26-18(2)33-29(36-26)28-27-25(37-38-28)13-12-23(35-27)20-15-21(17-31-16-20)34-19(3)30(4,5)6/h7-17,34H,1,3H2,2,4-6H3,(H,33,36)(H,37,38)/b22-10-. The van der Waals surface area contributed by atoms with E-state index in [0.29, 0.717) is 17.0 Å². The molecule has 0 aromatic carbocycles. The van der Waals surface area contributed by atoms with Gasteiger partial charge in [0.05, 0.1) is 34.5 Å². The zero-order valence-electron chi connectivity index (χ0n) is 22.0. The van der Waals surface area contributed by atoms with Crippen LogP contribution in [0.2, 0.25) is 0 Å². The predicted molar refractivity (Wildman–Crippen MR) is 153 cm³/mol. The highest BCUT2D eigenvalue weighted by atomic mass is 15.2. The van der Waals surface area contributed by atoms with Gasteiger partial charge >= 0.3 is 0 Å². The number of aromatic amines is 2. The molecule has 5 aromatic rings. The average Bonchev–Trinajstić information content (AvgIpc) is 3.50. The first-order valence-corrected chi connectivity index (χ1v) is 12.3. The van der Waals surface area contributed by atoms with Gasteiger partial charge in [-0.05, 0) is 37.3 Å². The number of aryl methyl sites for hydroxylation is 1. The SMILES string of the molecule is C=C/C=C(/c1ccccn1)c1nc(-c2n[nH]c3ccc(-c4cncc(NC(=C)C(C)(C)C)c4)nc23)[nH]c1C. The molecule has 0 aliphatic heterocycles. The number of pyridine rings is 3. The van der Waals surface area contributed by atoms with Gasteiger partial charge in [0.1, 0.15) is 5.52 Å². The number of H-pyrrole nitrogens is 2. The Bertz CT molecular complexity index is 1670. The molecule has 0 aliphatic carbocycles. The second-order valence-electron chi connectivity index (χ2n) is 10.1. The van der Waals surface area contributed by atoms with E-state index >= 15 is 0 Å². The molecule has 0 aliphatic rings. The van der Waals surface area contributed by atoms with Gasteiger partial charge in [-0.2, -0.15) is 5.10 Å². The van der Waals surface area contributed by atoms with Crippen LogP contribution < -0.4 is 5.32 Å². The Morgan fingerprint density at radius 1 is 1.08 bits per heavy atom. The van der Waals surface area contributed by atoms with Crippen molar-refractivity contribution in [2.24, 2.45) is 5.41 Å². The van der Waals surface area contributed by atoms with Crippen molar-refractivity contribution in [2.45, 2.75) is 27.7 Å². The summed E-state index contributed by atoms with van der Waals surface area (Å²) >= 11 is 0. The predicted octanol–water partition coefficient (Wildman–Crippen LogP) is 6.70. The van der Waals surface area contributed by atoms with E-state index in [9.17, 15) is 0 Å². The van der Waals surface area contributed by atoms with Crippen LogP contribution in [-0.2, 0) is 0 Å². The maximum absolute atomic E-state index is 4.94. The molecule has 0 bridgehead atoms. The largest absolute Gasteiger partial charge is 0.358 e. The zero-order valence-corrected chi connectivity index (χ0v) is 22.0. The smallest absolute Gasteiger partial charge is 0.161 e. The van der Waals surface area contributed by atoms with Gasteiger partial charge in [0.2, 0.25) is 0 Å². The summed E-state index contributed by atoms with van der Waals surface area (Å²) in [6, 6.07) is 11.7. The maximum atomic E-state index is 4.94. The second kappa shape index (κ2) is 9.89. The monoisotopic (exact) mass is 502 g/mol. The summed E-state index contributed by atoms with van der Waals surface area (Å²) in [5.41, 5.74) is 8.90. The number of nitrogens with zero attached hydrogens (tertiary/aromatic N) is 5. The Morgan fingerprint density at radius 3 is 2.66 bits per heavy atom.